The van der Waals surface area contributed by atoms with E-state index in [9.17, 15) is 4.79 Å². The molecule has 0 radical (unpaired) electrons. The van der Waals surface area contributed by atoms with Gasteiger partial charge in [-0.15, -0.1) is 0 Å². The molecule has 6 heteroatoms. The Kier molecular flexibility index (Phi) is 5.30. The molecular formula is C24H19N3O3. The number of aromatic nitrogens is 1. The van der Waals surface area contributed by atoms with Crippen LogP contribution in [-0.4, -0.2) is 10.9 Å². The van der Waals surface area contributed by atoms with E-state index >= 15 is 0 Å². The summed E-state index contributed by atoms with van der Waals surface area (Å²) in [5.41, 5.74) is 13.3. The third-order valence-corrected chi connectivity index (χ3v) is 4.35. The van der Waals surface area contributed by atoms with Gasteiger partial charge < -0.3 is 20.9 Å². The Morgan fingerprint density at radius 1 is 0.767 bits per heavy atom. The van der Waals surface area contributed by atoms with Crippen LogP contribution in [0.1, 0.15) is 10.5 Å². The minimum absolute atomic E-state index is 0.119. The van der Waals surface area contributed by atoms with Gasteiger partial charge >= 0.3 is 0 Å². The molecule has 148 valence electrons. The first kappa shape index (κ1) is 19.0. The monoisotopic (exact) mass is 397 g/mol. The highest BCUT2D eigenvalue weighted by molar-refractivity contribution is 5.99. The largest absolute Gasteiger partial charge is 0.457 e. The lowest BCUT2D eigenvalue weighted by molar-refractivity contribution is 0.0996. The number of carbonyl (C=O) groups excluding carboxylic acids is 1. The number of primary amides is 1. The van der Waals surface area contributed by atoms with Crippen molar-refractivity contribution < 1.29 is 14.3 Å². The molecule has 0 spiro atoms. The number of nitrogen functional groups attached to an aromatic ring is 1. The molecule has 4 aromatic rings. The highest BCUT2D eigenvalue weighted by atomic mass is 16.5. The van der Waals surface area contributed by atoms with E-state index in [1.165, 1.54) is 6.20 Å². The Balaban J connectivity index is 1.70. The summed E-state index contributed by atoms with van der Waals surface area (Å²) in [6.07, 6.45) is 1.48. The molecule has 0 saturated heterocycles. The zero-order valence-corrected chi connectivity index (χ0v) is 16.0. The molecule has 0 bridgehead atoms. The first-order valence-corrected chi connectivity index (χ1v) is 9.26. The van der Waals surface area contributed by atoms with E-state index in [1.54, 1.807) is 30.3 Å². The lowest BCUT2D eigenvalue weighted by atomic mass is 10.0. The van der Waals surface area contributed by atoms with Gasteiger partial charge in [-0.2, -0.15) is 0 Å². The fourth-order valence-electron chi connectivity index (χ4n) is 3.01. The molecule has 30 heavy (non-hydrogen) atoms. The Hall–Kier alpha value is -4.32. The average molecular weight is 397 g/mol. The lowest BCUT2D eigenvalue weighted by Crippen LogP contribution is -2.15. The topological polar surface area (TPSA) is 100 Å². The molecule has 0 fully saturated rings. The number of pyridine rings is 1. The first-order valence-electron chi connectivity index (χ1n) is 9.26. The molecule has 0 aliphatic heterocycles. The van der Waals surface area contributed by atoms with Gasteiger partial charge in [0, 0.05) is 18.0 Å². The number of rotatable bonds is 6. The van der Waals surface area contributed by atoms with Crippen molar-refractivity contribution in [3.63, 3.8) is 0 Å². The van der Waals surface area contributed by atoms with Gasteiger partial charge in [-0.25, -0.2) is 0 Å². The number of nitrogens with zero attached hydrogens (tertiary/aromatic N) is 1. The molecule has 1 heterocycles. The molecule has 4 N–H and O–H groups in total. The molecule has 1 amide bonds. The number of amides is 1. The van der Waals surface area contributed by atoms with Gasteiger partial charge in [0.2, 0.25) is 0 Å². The Morgan fingerprint density at radius 3 is 2.17 bits per heavy atom. The van der Waals surface area contributed by atoms with Gasteiger partial charge in [-0.05, 0) is 48.0 Å². The zero-order valence-electron chi connectivity index (χ0n) is 16.0. The van der Waals surface area contributed by atoms with E-state index in [4.69, 9.17) is 20.9 Å². The number of hydrogen-bond acceptors (Lipinski definition) is 5. The second kappa shape index (κ2) is 8.36. The van der Waals surface area contributed by atoms with Crippen LogP contribution in [0.3, 0.4) is 0 Å². The van der Waals surface area contributed by atoms with Crippen molar-refractivity contribution in [2.45, 2.75) is 0 Å². The Labute approximate surface area is 173 Å². The first-order chi connectivity index (χ1) is 14.6. The van der Waals surface area contributed by atoms with Crippen LogP contribution in [0.25, 0.3) is 11.1 Å². The fourth-order valence-corrected chi connectivity index (χ4v) is 3.01. The van der Waals surface area contributed by atoms with Crippen LogP contribution in [0, 0.1) is 0 Å². The third-order valence-electron chi connectivity index (χ3n) is 4.35. The molecule has 0 aliphatic carbocycles. The van der Waals surface area contributed by atoms with E-state index < -0.39 is 5.91 Å². The Morgan fingerprint density at radius 2 is 1.47 bits per heavy atom. The second-order valence-corrected chi connectivity index (χ2v) is 6.51. The van der Waals surface area contributed by atoms with Crippen LogP contribution in [0.5, 0.6) is 23.0 Å². The molecule has 6 nitrogen and oxygen atoms in total. The minimum atomic E-state index is -0.646. The average Bonchev–Trinajstić information content (AvgIpc) is 2.75. The van der Waals surface area contributed by atoms with E-state index in [-0.39, 0.29) is 5.69 Å². The number of para-hydroxylation sites is 1. The van der Waals surface area contributed by atoms with Crippen LogP contribution in [0.15, 0.2) is 91.1 Å². The minimum Gasteiger partial charge on any atom is -0.457 e. The van der Waals surface area contributed by atoms with Crippen molar-refractivity contribution >= 4 is 11.6 Å². The molecular weight excluding hydrogens is 378 g/mol. The van der Waals surface area contributed by atoms with Crippen LogP contribution >= 0.6 is 0 Å². The summed E-state index contributed by atoms with van der Waals surface area (Å²) in [5.74, 6) is 1.73. The summed E-state index contributed by atoms with van der Waals surface area (Å²) in [7, 11) is 0. The SMILES string of the molecule is NC(=O)c1nccc(Oc2cccc(N)c2)c1-c1ccc(Oc2ccccc2)cc1. The maximum atomic E-state index is 12.0. The summed E-state index contributed by atoms with van der Waals surface area (Å²) in [6.45, 7) is 0. The highest BCUT2D eigenvalue weighted by Crippen LogP contribution is 2.36. The number of hydrogen-bond donors (Lipinski definition) is 2. The highest BCUT2D eigenvalue weighted by Gasteiger charge is 2.18. The number of nitrogens with two attached hydrogens (primary N) is 2. The summed E-state index contributed by atoms with van der Waals surface area (Å²) in [5, 5.41) is 0. The lowest BCUT2D eigenvalue weighted by Gasteiger charge is -2.14. The third kappa shape index (κ3) is 4.23. The predicted molar refractivity (Wildman–Crippen MR) is 116 cm³/mol. The number of carbonyl (C=O) groups is 1. The van der Waals surface area contributed by atoms with Gasteiger partial charge in [-0.3, -0.25) is 9.78 Å². The van der Waals surface area contributed by atoms with E-state index in [1.807, 2.05) is 54.6 Å². The van der Waals surface area contributed by atoms with Gasteiger partial charge in [0.05, 0.1) is 5.56 Å². The van der Waals surface area contributed by atoms with Crippen LogP contribution in [0.2, 0.25) is 0 Å². The van der Waals surface area contributed by atoms with E-state index in [0.29, 0.717) is 28.5 Å². The molecule has 4 rings (SSSR count). The van der Waals surface area contributed by atoms with Crippen molar-refractivity contribution in [3.8, 4) is 34.1 Å². The van der Waals surface area contributed by atoms with Gasteiger partial charge in [0.25, 0.3) is 5.91 Å². The quantitative estimate of drug-likeness (QED) is 0.445. The number of ether oxygens (including phenoxy) is 2. The second-order valence-electron chi connectivity index (χ2n) is 6.51. The van der Waals surface area contributed by atoms with Crippen molar-refractivity contribution in [1.29, 1.82) is 0 Å². The number of anilines is 1. The van der Waals surface area contributed by atoms with Crippen LogP contribution in [-0.2, 0) is 0 Å². The van der Waals surface area contributed by atoms with Crippen molar-refractivity contribution in [2.24, 2.45) is 5.73 Å². The molecule has 0 unspecified atom stereocenters. The van der Waals surface area contributed by atoms with Crippen molar-refractivity contribution in [1.82, 2.24) is 4.98 Å². The summed E-state index contributed by atoms with van der Waals surface area (Å²) >= 11 is 0. The standard InChI is InChI=1S/C24H19N3O3/c25-17-5-4-8-20(15-17)30-21-13-14-27-23(24(26)28)22(21)16-9-11-19(12-10-16)29-18-6-2-1-3-7-18/h1-15H,25H2,(H2,26,28). The van der Waals surface area contributed by atoms with Crippen LogP contribution in [0.4, 0.5) is 5.69 Å². The molecule has 0 saturated carbocycles. The molecule has 3 aromatic carbocycles. The summed E-state index contributed by atoms with van der Waals surface area (Å²) in [6, 6.07) is 25.5. The zero-order chi connectivity index (χ0) is 20.9. The van der Waals surface area contributed by atoms with Gasteiger partial charge in [0.15, 0.2) is 0 Å². The van der Waals surface area contributed by atoms with Crippen molar-refractivity contribution in [3.05, 3.63) is 96.8 Å². The molecule has 1 aromatic heterocycles. The van der Waals surface area contributed by atoms with E-state index in [2.05, 4.69) is 4.98 Å². The normalized spacial score (nSPS) is 10.4. The molecule has 0 atom stereocenters. The Bertz CT molecular complexity index is 1180. The molecule has 0 aliphatic rings. The summed E-state index contributed by atoms with van der Waals surface area (Å²) in [4.78, 5) is 16.2. The fraction of sp³-hybridized carbons (Fsp3) is 0. The predicted octanol–water partition coefficient (Wildman–Crippen LogP) is 5.01. The van der Waals surface area contributed by atoms with Gasteiger partial charge in [-0.1, -0.05) is 36.4 Å². The summed E-state index contributed by atoms with van der Waals surface area (Å²) < 4.78 is 11.8. The smallest absolute Gasteiger partial charge is 0.268 e. The van der Waals surface area contributed by atoms with E-state index in [0.717, 1.165) is 11.3 Å². The van der Waals surface area contributed by atoms with Crippen LogP contribution < -0.4 is 20.9 Å². The maximum Gasteiger partial charge on any atom is 0.268 e. The maximum absolute atomic E-state index is 12.0. The van der Waals surface area contributed by atoms with Crippen molar-refractivity contribution in [2.75, 3.05) is 5.73 Å². The van der Waals surface area contributed by atoms with Gasteiger partial charge in [0.1, 0.15) is 28.7 Å². The number of benzene rings is 3.